The summed E-state index contributed by atoms with van der Waals surface area (Å²) < 4.78 is 0. The summed E-state index contributed by atoms with van der Waals surface area (Å²) in [5, 5.41) is 5.27. The van der Waals surface area contributed by atoms with Crippen LogP contribution in [0.15, 0.2) is 47.8 Å². The molecule has 1 aromatic carbocycles. The van der Waals surface area contributed by atoms with Gasteiger partial charge in [-0.25, -0.2) is 0 Å². The maximum Gasteiger partial charge on any atom is 0.275 e. The van der Waals surface area contributed by atoms with Gasteiger partial charge in [0.15, 0.2) is 6.54 Å². The lowest BCUT2D eigenvalue weighted by atomic mass is 10.1. The highest BCUT2D eigenvalue weighted by Gasteiger charge is 2.25. The average Bonchev–Trinajstić information content (AvgIpc) is 3.10. The number of hydrogen-bond acceptors (Lipinski definition) is 2. The zero-order chi connectivity index (χ0) is 16.8. The van der Waals surface area contributed by atoms with Gasteiger partial charge in [-0.2, -0.15) is 0 Å². The van der Waals surface area contributed by atoms with Crippen molar-refractivity contribution in [2.45, 2.75) is 19.5 Å². The smallest absolute Gasteiger partial charge is 0.275 e. The van der Waals surface area contributed by atoms with E-state index in [1.165, 1.54) is 9.78 Å². The Labute approximate surface area is 148 Å². The number of carbonyl (C=O) groups is 1. The summed E-state index contributed by atoms with van der Waals surface area (Å²) in [5.41, 5.74) is 1.16. The Morgan fingerprint density at radius 3 is 2.46 bits per heavy atom. The first-order chi connectivity index (χ1) is 11.7. The summed E-state index contributed by atoms with van der Waals surface area (Å²) in [6.07, 6.45) is 0. The van der Waals surface area contributed by atoms with Crippen molar-refractivity contribution in [3.8, 4) is 0 Å². The van der Waals surface area contributed by atoms with Crippen molar-refractivity contribution < 1.29 is 14.6 Å². The molecule has 1 saturated heterocycles. The minimum atomic E-state index is 0.0730. The predicted octanol–water partition coefficient (Wildman–Crippen LogP) is -0.0911. The number of nitrogens with one attached hydrogen (secondary N) is 3. The molecule has 1 atom stereocenters. The van der Waals surface area contributed by atoms with Crippen molar-refractivity contribution in [1.82, 2.24) is 5.32 Å². The standard InChI is InChI=1S/C19H25N3OS/c1-16(17-6-3-2-4-7-17)20-19(23)15-22-11-9-21(10-12-22)14-18-8-5-13-24-18/h2-8,13,16H,9-12,14-15H2,1H3,(H,20,23)/p+2/t16-/m1/s1. The Kier molecular flexibility index (Phi) is 6.01. The van der Waals surface area contributed by atoms with Gasteiger partial charge in [0.1, 0.15) is 32.7 Å². The molecule has 0 saturated carbocycles. The number of quaternary nitrogens is 2. The second-order valence-corrected chi connectivity index (χ2v) is 7.67. The number of carbonyl (C=O) groups excluding carboxylic acids is 1. The van der Waals surface area contributed by atoms with E-state index >= 15 is 0 Å². The third kappa shape index (κ3) is 4.90. The summed E-state index contributed by atoms with van der Waals surface area (Å²) in [6, 6.07) is 14.6. The molecule has 0 unspecified atom stereocenters. The zero-order valence-corrected chi connectivity index (χ0v) is 15.1. The van der Waals surface area contributed by atoms with E-state index in [1.54, 1.807) is 4.90 Å². The summed E-state index contributed by atoms with van der Waals surface area (Å²) >= 11 is 1.84. The molecule has 0 bridgehead atoms. The molecule has 24 heavy (non-hydrogen) atoms. The highest BCUT2D eigenvalue weighted by Crippen LogP contribution is 2.10. The molecule has 2 heterocycles. The van der Waals surface area contributed by atoms with Crippen LogP contribution in [0.3, 0.4) is 0 Å². The highest BCUT2D eigenvalue weighted by molar-refractivity contribution is 7.09. The normalized spacial score (nSPS) is 22.0. The molecule has 1 aromatic heterocycles. The molecule has 1 aliphatic rings. The first kappa shape index (κ1) is 17.1. The van der Waals surface area contributed by atoms with Crippen molar-refractivity contribution in [2.75, 3.05) is 32.7 Å². The van der Waals surface area contributed by atoms with E-state index in [-0.39, 0.29) is 11.9 Å². The third-order valence-electron chi connectivity index (χ3n) is 4.76. The van der Waals surface area contributed by atoms with E-state index in [1.807, 2.05) is 36.5 Å². The van der Waals surface area contributed by atoms with Crippen LogP contribution in [0.25, 0.3) is 0 Å². The fraction of sp³-hybridized carbons (Fsp3) is 0.421. The van der Waals surface area contributed by atoms with Crippen LogP contribution in [-0.2, 0) is 11.3 Å². The van der Waals surface area contributed by atoms with Crippen LogP contribution < -0.4 is 15.1 Å². The fourth-order valence-electron chi connectivity index (χ4n) is 3.31. The van der Waals surface area contributed by atoms with Crippen molar-refractivity contribution in [3.63, 3.8) is 0 Å². The minimum Gasteiger partial charge on any atom is -0.345 e. The molecule has 2 aromatic rings. The van der Waals surface area contributed by atoms with E-state index < -0.39 is 0 Å². The second-order valence-electron chi connectivity index (χ2n) is 6.63. The van der Waals surface area contributed by atoms with Crippen LogP contribution >= 0.6 is 11.3 Å². The zero-order valence-electron chi connectivity index (χ0n) is 14.3. The SMILES string of the molecule is C[C@@H](NC(=O)C[NH+]1CC[NH+](Cc2cccs2)CC1)c1ccccc1. The third-order valence-corrected chi connectivity index (χ3v) is 5.63. The molecular weight excluding hydrogens is 318 g/mol. The number of rotatable bonds is 6. The molecule has 128 valence electrons. The summed E-state index contributed by atoms with van der Waals surface area (Å²) in [7, 11) is 0. The Balaban J connectivity index is 1.40. The van der Waals surface area contributed by atoms with Crippen LogP contribution in [0, 0.1) is 0 Å². The summed E-state index contributed by atoms with van der Waals surface area (Å²) in [6.45, 7) is 8.21. The van der Waals surface area contributed by atoms with Crippen molar-refractivity contribution in [1.29, 1.82) is 0 Å². The number of amides is 1. The molecule has 0 radical (unpaired) electrons. The first-order valence-corrected chi connectivity index (χ1v) is 9.62. The van der Waals surface area contributed by atoms with Gasteiger partial charge in [0.05, 0.1) is 10.9 Å². The van der Waals surface area contributed by atoms with Gasteiger partial charge in [-0.1, -0.05) is 36.4 Å². The van der Waals surface area contributed by atoms with Gasteiger partial charge in [0, 0.05) is 0 Å². The van der Waals surface area contributed by atoms with E-state index in [0.717, 1.165) is 38.3 Å². The second kappa shape index (κ2) is 8.42. The monoisotopic (exact) mass is 345 g/mol. The van der Waals surface area contributed by atoms with Gasteiger partial charge >= 0.3 is 0 Å². The van der Waals surface area contributed by atoms with Crippen LogP contribution in [0.4, 0.5) is 0 Å². The highest BCUT2D eigenvalue weighted by atomic mass is 32.1. The number of piperazine rings is 1. The van der Waals surface area contributed by atoms with Crippen LogP contribution in [-0.4, -0.2) is 38.6 Å². The van der Waals surface area contributed by atoms with E-state index in [2.05, 4.69) is 35.0 Å². The number of hydrogen-bond donors (Lipinski definition) is 3. The Bertz CT molecular complexity index is 621. The molecule has 1 fully saturated rings. The number of thiophene rings is 1. The van der Waals surface area contributed by atoms with Crippen LogP contribution in [0.2, 0.25) is 0 Å². The van der Waals surface area contributed by atoms with E-state index in [0.29, 0.717) is 6.54 Å². The summed E-state index contributed by atoms with van der Waals surface area (Å²) in [5.74, 6) is 0.156. The molecule has 4 nitrogen and oxygen atoms in total. The quantitative estimate of drug-likeness (QED) is 0.673. The Morgan fingerprint density at radius 1 is 1.08 bits per heavy atom. The molecule has 3 N–H and O–H groups in total. The minimum absolute atomic E-state index is 0.0730. The van der Waals surface area contributed by atoms with Crippen molar-refractivity contribution in [2.24, 2.45) is 0 Å². The van der Waals surface area contributed by atoms with Gasteiger partial charge in [-0.05, 0) is 23.9 Å². The van der Waals surface area contributed by atoms with E-state index in [9.17, 15) is 4.79 Å². The van der Waals surface area contributed by atoms with E-state index in [4.69, 9.17) is 0 Å². The van der Waals surface area contributed by atoms with Crippen molar-refractivity contribution in [3.05, 3.63) is 58.3 Å². The molecule has 0 aliphatic carbocycles. The maximum atomic E-state index is 12.3. The lowest BCUT2D eigenvalue weighted by molar-refractivity contribution is -1.01. The lowest BCUT2D eigenvalue weighted by Crippen LogP contribution is -3.28. The molecular formula is C19H27N3OS+2. The average molecular weight is 346 g/mol. The fourth-order valence-corrected chi connectivity index (χ4v) is 4.09. The Hall–Kier alpha value is -1.69. The van der Waals surface area contributed by atoms with Gasteiger partial charge in [-0.15, -0.1) is 11.3 Å². The Morgan fingerprint density at radius 2 is 1.79 bits per heavy atom. The maximum absolute atomic E-state index is 12.3. The predicted molar refractivity (Wildman–Crippen MR) is 97.3 cm³/mol. The van der Waals surface area contributed by atoms with Gasteiger partial charge in [0.2, 0.25) is 0 Å². The van der Waals surface area contributed by atoms with Gasteiger partial charge in [-0.3, -0.25) is 4.79 Å². The topological polar surface area (TPSA) is 38.0 Å². The molecule has 5 heteroatoms. The van der Waals surface area contributed by atoms with Crippen LogP contribution in [0.1, 0.15) is 23.4 Å². The van der Waals surface area contributed by atoms with Crippen molar-refractivity contribution >= 4 is 17.2 Å². The van der Waals surface area contributed by atoms with Gasteiger partial charge in [0.25, 0.3) is 5.91 Å². The largest absolute Gasteiger partial charge is 0.345 e. The summed E-state index contributed by atoms with van der Waals surface area (Å²) in [4.78, 5) is 16.8. The first-order valence-electron chi connectivity index (χ1n) is 8.74. The molecule has 3 rings (SSSR count). The van der Waals surface area contributed by atoms with Crippen LogP contribution in [0.5, 0.6) is 0 Å². The van der Waals surface area contributed by atoms with Gasteiger partial charge < -0.3 is 15.1 Å². The molecule has 1 amide bonds. The molecule has 1 aliphatic heterocycles. The lowest BCUT2D eigenvalue weighted by Gasteiger charge is -2.29. The number of benzene rings is 1. The molecule has 0 spiro atoms.